The van der Waals surface area contributed by atoms with Gasteiger partial charge < -0.3 is 20.3 Å². The quantitative estimate of drug-likeness (QED) is 0.583. The Morgan fingerprint density at radius 1 is 1.27 bits per heavy atom. The molecule has 1 fully saturated rings. The minimum absolute atomic E-state index is 0.0162. The van der Waals surface area contributed by atoms with Crippen molar-refractivity contribution in [2.24, 2.45) is 5.92 Å². The molecule has 0 unspecified atom stereocenters. The highest BCUT2D eigenvalue weighted by molar-refractivity contribution is 6.04. The van der Waals surface area contributed by atoms with E-state index in [2.05, 4.69) is 20.6 Å². The van der Waals surface area contributed by atoms with Gasteiger partial charge in [-0.3, -0.25) is 24.2 Å². The molecule has 174 valence electrons. The van der Waals surface area contributed by atoms with Crippen molar-refractivity contribution in [1.82, 2.24) is 9.97 Å². The van der Waals surface area contributed by atoms with Crippen LogP contribution in [0.2, 0.25) is 0 Å². The summed E-state index contributed by atoms with van der Waals surface area (Å²) in [7, 11) is 0. The lowest BCUT2D eigenvalue weighted by molar-refractivity contribution is -0.148. The molecule has 0 bridgehead atoms. The number of aromatic nitrogens is 2. The summed E-state index contributed by atoms with van der Waals surface area (Å²) in [5.74, 6) is -2.94. The second kappa shape index (κ2) is 9.39. The number of fused-ring (bicyclic) bond motifs is 1. The summed E-state index contributed by atoms with van der Waals surface area (Å²) in [6, 6.07) is 5.16. The largest absolute Gasteiger partial charge is 0.466 e. The number of carbonyl (C=O) groups is 3. The second-order valence-electron chi connectivity index (χ2n) is 7.99. The van der Waals surface area contributed by atoms with Crippen molar-refractivity contribution in [1.29, 1.82) is 0 Å². The molecule has 2 aliphatic heterocycles. The molecule has 1 aromatic heterocycles. The molecule has 33 heavy (non-hydrogen) atoms. The number of halogens is 1. The lowest BCUT2D eigenvalue weighted by atomic mass is 9.92. The molecular weight excluding hydrogens is 433 g/mol. The Bertz CT molecular complexity index is 1130. The third-order valence-electron chi connectivity index (χ3n) is 5.71. The van der Waals surface area contributed by atoms with E-state index < -0.39 is 29.1 Å². The van der Waals surface area contributed by atoms with Gasteiger partial charge in [0.1, 0.15) is 11.6 Å². The van der Waals surface area contributed by atoms with Crippen molar-refractivity contribution < 1.29 is 23.5 Å². The first-order valence-corrected chi connectivity index (χ1v) is 10.8. The van der Waals surface area contributed by atoms with Gasteiger partial charge in [0.2, 0.25) is 17.8 Å². The Labute approximate surface area is 188 Å². The predicted molar refractivity (Wildman–Crippen MR) is 117 cm³/mol. The fourth-order valence-electron chi connectivity index (χ4n) is 4.12. The smallest absolute Gasteiger partial charge is 0.310 e. The molecule has 0 radical (unpaired) electrons. The molecule has 1 saturated heterocycles. The summed E-state index contributed by atoms with van der Waals surface area (Å²) in [6.45, 7) is 2.92. The van der Waals surface area contributed by atoms with Gasteiger partial charge in [-0.25, -0.2) is 4.39 Å². The van der Waals surface area contributed by atoms with E-state index in [1.165, 1.54) is 24.3 Å². The molecular formula is C22H24FN5O5. The highest BCUT2D eigenvalue weighted by Gasteiger charge is 2.36. The molecule has 10 nitrogen and oxygen atoms in total. The number of rotatable bonds is 5. The van der Waals surface area contributed by atoms with E-state index in [0.29, 0.717) is 31.6 Å². The van der Waals surface area contributed by atoms with Crippen LogP contribution in [0.15, 0.2) is 29.1 Å². The second-order valence-corrected chi connectivity index (χ2v) is 7.99. The maximum atomic E-state index is 13.1. The van der Waals surface area contributed by atoms with Crippen LogP contribution in [-0.2, 0) is 19.1 Å². The van der Waals surface area contributed by atoms with Crippen LogP contribution in [0.4, 0.5) is 21.8 Å². The van der Waals surface area contributed by atoms with Gasteiger partial charge in [0.25, 0.3) is 5.56 Å². The summed E-state index contributed by atoms with van der Waals surface area (Å²) in [5.41, 5.74) is -0.155. The molecule has 1 aromatic carbocycles. The maximum Gasteiger partial charge on any atom is 0.310 e. The summed E-state index contributed by atoms with van der Waals surface area (Å²) < 4.78 is 18.2. The standard InChI is InChI=1S/C22H24FN5O5/c1-2-33-21(32)12-4-3-9-28(11-12)22-26-18-17(20(31)27-22)15(10-16(29)25-18)19(30)24-14-7-5-13(23)6-8-14/h5-8,12,15H,2-4,9-11H2,1H3,(H,24,30)(H2,25,26,27,29,31)/t12-,15-/m0/s1. The van der Waals surface area contributed by atoms with Gasteiger partial charge in [0.15, 0.2) is 0 Å². The van der Waals surface area contributed by atoms with Gasteiger partial charge in [0, 0.05) is 25.2 Å². The normalized spacial score (nSPS) is 19.9. The van der Waals surface area contributed by atoms with E-state index in [-0.39, 0.29) is 42.2 Å². The van der Waals surface area contributed by atoms with E-state index in [1.54, 1.807) is 11.8 Å². The molecule has 2 aliphatic rings. The highest BCUT2D eigenvalue weighted by Crippen LogP contribution is 2.31. The number of ether oxygens (including phenoxy) is 1. The number of nitrogens with one attached hydrogen (secondary N) is 3. The van der Waals surface area contributed by atoms with Crippen LogP contribution in [-0.4, -0.2) is 47.4 Å². The number of benzene rings is 1. The third-order valence-corrected chi connectivity index (χ3v) is 5.71. The molecule has 3 heterocycles. The van der Waals surface area contributed by atoms with Crippen molar-refractivity contribution in [3.63, 3.8) is 0 Å². The van der Waals surface area contributed by atoms with Gasteiger partial charge in [-0.05, 0) is 44.0 Å². The van der Waals surface area contributed by atoms with Gasteiger partial charge in [-0.15, -0.1) is 0 Å². The summed E-state index contributed by atoms with van der Waals surface area (Å²) >= 11 is 0. The van der Waals surface area contributed by atoms with Crippen molar-refractivity contribution in [3.05, 3.63) is 46.0 Å². The van der Waals surface area contributed by atoms with Crippen LogP contribution in [0.25, 0.3) is 0 Å². The third kappa shape index (κ3) is 4.86. The zero-order valence-corrected chi connectivity index (χ0v) is 18.0. The van der Waals surface area contributed by atoms with Crippen LogP contribution in [0.3, 0.4) is 0 Å². The van der Waals surface area contributed by atoms with E-state index in [9.17, 15) is 23.6 Å². The zero-order valence-electron chi connectivity index (χ0n) is 18.0. The van der Waals surface area contributed by atoms with Crippen LogP contribution in [0.5, 0.6) is 0 Å². The lowest BCUT2D eigenvalue weighted by Gasteiger charge is -2.32. The van der Waals surface area contributed by atoms with Crippen molar-refractivity contribution in [2.75, 3.05) is 35.2 Å². The Kier molecular flexibility index (Phi) is 6.38. The summed E-state index contributed by atoms with van der Waals surface area (Å²) in [4.78, 5) is 59.1. The number of carbonyl (C=O) groups excluding carboxylic acids is 3. The SMILES string of the molecule is CCOC(=O)[C@H]1CCCN(c2nc3c(c(=O)[nH]2)[C@@H](C(=O)Nc2ccc(F)cc2)CC(=O)N3)C1. The van der Waals surface area contributed by atoms with Gasteiger partial charge in [-0.1, -0.05) is 0 Å². The number of piperidine rings is 1. The molecule has 0 aliphatic carbocycles. The van der Waals surface area contributed by atoms with Gasteiger partial charge >= 0.3 is 5.97 Å². The molecule has 0 spiro atoms. The Hall–Kier alpha value is -3.76. The highest BCUT2D eigenvalue weighted by atomic mass is 19.1. The predicted octanol–water partition coefficient (Wildman–Crippen LogP) is 1.75. The Morgan fingerprint density at radius 2 is 2.03 bits per heavy atom. The number of hydrogen-bond donors (Lipinski definition) is 3. The van der Waals surface area contributed by atoms with Crippen LogP contribution in [0.1, 0.15) is 37.7 Å². The Morgan fingerprint density at radius 3 is 2.76 bits per heavy atom. The van der Waals surface area contributed by atoms with Crippen LogP contribution < -0.4 is 21.1 Å². The molecule has 2 aromatic rings. The first kappa shape index (κ1) is 22.4. The molecule has 2 atom stereocenters. The van der Waals surface area contributed by atoms with E-state index in [4.69, 9.17) is 4.74 Å². The van der Waals surface area contributed by atoms with Crippen molar-refractivity contribution in [3.8, 4) is 0 Å². The monoisotopic (exact) mass is 457 g/mol. The topological polar surface area (TPSA) is 133 Å². The lowest BCUT2D eigenvalue weighted by Crippen LogP contribution is -2.42. The fraction of sp³-hybridized carbons (Fsp3) is 0.409. The number of amides is 2. The zero-order chi connectivity index (χ0) is 23.5. The number of anilines is 3. The molecule has 2 amide bonds. The minimum Gasteiger partial charge on any atom is -0.466 e. The number of hydrogen-bond acceptors (Lipinski definition) is 7. The first-order valence-electron chi connectivity index (χ1n) is 10.8. The first-order chi connectivity index (χ1) is 15.9. The number of aromatic amines is 1. The van der Waals surface area contributed by atoms with Gasteiger partial charge in [-0.2, -0.15) is 4.98 Å². The number of nitrogens with zero attached hydrogens (tertiary/aromatic N) is 2. The molecule has 3 N–H and O–H groups in total. The molecule has 4 rings (SSSR count). The maximum absolute atomic E-state index is 13.1. The number of H-pyrrole nitrogens is 1. The average Bonchev–Trinajstić information content (AvgIpc) is 2.80. The molecule has 11 heteroatoms. The van der Waals surface area contributed by atoms with Crippen LogP contribution in [0, 0.1) is 11.7 Å². The van der Waals surface area contributed by atoms with Crippen molar-refractivity contribution in [2.45, 2.75) is 32.1 Å². The van der Waals surface area contributed by atoms with Gasteiger partial charge in [0.05, 0.1) is 24.0 Å². The summed E-state index contributed by atoms with van der Waals surface area (Å²) in [6.07, 6.45) is 1.16. The minimum atomic E-state index is -1.06. The van der Waals surface area contributed by atoms with Crippen LogP contribution >= 0.6 is 0 Å². The van der Waals surface area contributed by atoms with E-state index in [1.807, 2.05) is 0 Å². The fourth-order valence-corrected chi connectivity index (χ4v) is 4.12. The molecule has 0 saturated carbocycles. The average molecular weight is 457 g/mol. The van der Waals surface area contributed by atoms with Crippen molar-refractivity contribution >= 4 is 35.2 Å². The Balaban J connectivity index is 1.59. The summed E-state index contributed by atoms with van der Waals surface area (Å²) in [5, 5.41) is 5.18. The van der Waals surface area contributed by atoms with E-state index >= 15 is 0 Å². The number of esters is 1. The van der Waals surface area contributed by atoms with E-state index in [0.717, 1.165) is 0 Å².